The lowest BCUT2D eigenvalue weighted by Crippen LogP contribution is -2.17. The van der Waals surface area contributed by atoms with Crippen LogP contribution >= 0.6 is 0 Å². The lowest BCUT2D eigenvalue weighted by Gasteiger charge is -2.13. The predicted molar refractivity (Wildman–Crippen MR) is 78.6 cm³/mol. The van der Waals surface area contributed by atoms with Gasteiger partial charge in [0.25, 0.3) is 0 Å². The van der Waals surface area contributed by atoms with Crippen LogP contribution in [0.2, 0.25) is 0 Å². The van der Waals surface area contributed by atoms with Crippen LogP contribution in [-0.4, -0.2) is 8.42 Å². The third-order valence-corrected chi connectivity index (χ3v) is 4.25. The Balaban J connectivity index is 2.27. The standard InChI is InChI=1S/C15H16FNO2S/c1-11-6-5-7-12(2)15(11)17-20(18,19)10-13-8-3-4-9-14(13)16/h3-9,17H,10H2,1-2H3. The van der Waals surface area contributed by atoms with Crippen molar-refractivity contribution in [1.29, 1.82) is 0 Å². The summed E-state index contributed by atoms with van der Waals surface area (Å²) in [7, 11) is -3.65. The van der Waals surface area contributed by atoms with Gasteiger partial charge in [-0.25, -0.2) is 12.8 Å². The highest BCUT2D eigenvalue weighted by atomic mass is 32.2. The van der Waals surface area contributed by atoms with E-state index in [9.17, 15) is 12.8 Å². The molecule has 0 amide bonds. The first-order valence-corrected chi connectivity index (χ1v) is 7.84. The fourth-order valence-electron chi connectivity index (χ4n) is 1.99. The molecule has 2 aromatic carbocycles. The average Bonchev–Trinajstić information content (AvgIpc) is 2.37. The number of nitrogens with one attached hydrogen (secondary N) is 1. The molecule has 0 fully saturated rings. The fourth-order valence-corrected chi connectivity index (χ4v) is 3.34. The second-order valence-corrected chi connectivity index (χ2v) is 6.44. The van der Waals surface area contributed by atoms with E-state index in [0.29, 0.717) is 5.69 Å². The molecule has 0 bridgehead atoms. The Bertz CT molecular complexity index is 706. The molecular formula is C15H16FNO2S. The Kier molecular flexibility index (Phi) is 4.09. The molecule has 2 aromatic rings. The van der Waals surface area contributed by atoms with E-state index < -0.39 is 15.8 Å². The summed E-state index contributed by atoms with van der Waals surface area (Å²) < 4.78 is 40.4. The van der Waals surface area contributed by atoms with Gasteiger partial charge >= 0.3 is 0 Å². The molecule has 20 heavy (non-hydrogen) atoms. The molecule has 0 saturated heterocycles. The van der Waals surface area contributed by atoms with Crippen LogP contribution < -0.4 is 4.72 Å². The minimum atomic E-state index is -3.65. The molecule has 0 aliphatic heterocycles. The molecular weight excluding hydrogens is 277 g/mol. The van der Waals surface area contributed by atoms with Crippen LogP contribution in [-0.2, 0) is 15.8 Å². The van der Waals surface area contributed by atoms with Crippen LogP contribution in [0.1, 0.15) is 16.7 Å². The molecule has 3 nitrogen and oxygen atoms in total. The number of hydrogen-bond donors (Lipinski definition) is 1. The van der Waals surface area contributed by atoms with Gasteiger partial charge in [-0.1, -0.05) is 36.4 Å². The highest BCUT2D eigenvalue weighted by molar-refractivity contribution is 7.91. The summed E-state index contributed by atoms with van der Waals surface area (Å²) in [5.41, 5.74) is 2.39. The molecule has 2 rings (SSSR count). The fraction of sp³-hybridized carbons (Fsp3) is 0.200. The van der Waals surface area contributed by atoms with Crippen molar-refractivity contribution < 1.29 is 12.8 Å². The summed E-state index contributed by atoms with van der Waals surface area (Å²) in [6.07, 6.45) is 0. The Morgan fingerprint density at radius 1 is 1.00 bits per heavy atom. The molecule has 0 heterocycles. The largest absolute Gasteiger partial charge is 0.283 e. The van der Waals surface area contributed by atoms with E-state index in [1.807, 2.05) is 32.0 Å². The summed E-state index contributed by atoms with van der Waals surface area (Å²) in [5.74, 6) is -0.896. The number of sulfonamides is 1. The number of hydrogen-bond acceptors (Lipinski definition) is 2. The van der Waals surface area contributed by atoms with Gasteiger partial charge in [0.15, 0.2) is 0 Å². The maximum absolute atomic E-state index is 13.5. The van der Waals surface area contributed by atoms with Gasteiger partial charge in [0.1, 0.15) is 5.82 Å². The van der Waals surface area contributed by atoms with Crippen LogP contribution in [0.15, 0.2) is 42.5 Å². The van der Waals surface area contributed by atoms with E-state index in [1.54, 1.807) is 6.07 Å². The van der Waals surface area contributed by atoms with E-state index in [0.717, 1.165) is 11.1 Å². The summed E-state index contributed by atoms with van der Waals surface area (Å²) >= 11 is 0. The number of halogens is 1. The molecule has 0 saturated carbocycles. The van der Waals surface area contributed by atoms with Crippen molar-refractivity contribution in [3.8, 4) is 0 Å². The lowest BCUT2D eigenvalue weighted by molar-refractivity contribution is 0.591. The third-order valence-electron chi connectivity index (χ3n) is 3.04. The third kappa shape index (κ3) is 3.36. The molecule has 0 aromatic heterocycles. The molecule has 1 N–H and O–H groups in total. The number of benzene rings is 2. The highest BCUT2D eigenvalue weighted by Gasteiger charge is 2.16. The van der Waals surface area contributed by atoms with Gasteiger partial charge in [-0.05, 0) is 31.0 Å². The van der Waals surface area contributed by atoms with Crippen molar-refractivity contribution in [2.24, 2.45) is 0 Å². The summed E-state index contributed by atoms with van der Waals surface area (Å²) in [4.78, 5) is 0. The average molecular weight is 293 g/mol. The van der Waals surface area contributed by atoms with Gasteiger partial charge in [-0.3, -0.25) is 4.72 Å². The van der Waals surface area contributed by atoms with Crippen molar-refractivity contribution >= 4 is 15.7 Å². The van der Waals surface area contributed by atoms with Gasteiger partial charge in [0.05, 0.1) is 11.4 Å². The van der Waals surface area contributed by atoms with Crippen molar-refractivity contribution in [3.05, 3.63) is 65.0 Å². The number of para-hydroxylation sites is 1. The summed E-state index contributed by atoms with van der Waals surface area (Å²) in [5, 5.41) is 0. The van der Waals surface area contributed by atoms with E-state index in [4.69, 9.17) is 0 Å². The molecule has 106 valence electrons. The highest BCUT2D eigenvalue weighted by Crippen LogP contribution is 2.22. The van der Waals surface area contributed by atoms with Gasteiger partial charge in [0, 0.05) is 5.56 Å². The smallest absolute Gasteiger partial charge is 0.237 e. The van der Waals surface area contributed by atoms with Crippen LogP contribution in [0.25, 0.3) is 0 Å². The van der Waals surface area contributed by atoms with E-state index >= 15 is 0 Å². The minimum absolute atomic E-state index is 0.159. The van der Waals surface area contributed by atoms with Crippen molar-refractivity contribution in [2.75, 3.05) is 4.72 Å². The summed E-state index contributed by atoms with van der Waals surface area (Å²) in [6.45, 7) is 3.65. The zero-order chi connectivity index (χ0) is 14.8. The van der Waals surface area contributed by atoms with E-state index in [-0.39, 0.29) is 11.3 Å². The molecule has 5 heteroatoms. The maximum atomic E-state index is 13.5. The van der Waals surface area contributed by atoms with Gasteiger partial charge < -0.3 is 0 Å². The Hall–Kier alpha value is -1.88. The molecule has 0 spiro atoms. The number of aryl methyl sites for hydroxylation is 2. The molecule has 0 unspecified atom stereocenters. The summed E-state index contributed by atoms with van der Waals surface area (Å²) in [6, 6.07) is 11.4. The first kappa shape index (κ1) is 14.5. The van der Waals surface area contributed by atoms with Crippen LogP contribution in [0, 0.1) is 19.7 Å². The van der Waals surface area contributed by atoms with E-state index in [1.165, 1.54) is 18.2 Å². The number of rotatable bonds is 4. The van der Waals surface area contributed by atoms with Crippen LogP contribution in [0.3, 0.4) is 0 Å². The predicted octanol–water partition coefficient (Wildman–Crippen LogP) is 3.38. The van der Waals surface area contributed by atoms with Gasteiger partial charge in [-0.2, -0.15) is 0 Å². The second kappa shape index (κ2) is 5.63. The minimum Gasteiger partial charge on any atom is -0.283 e. The maximum Gasteiger partial charge on any atom is 0.237 e. The Morgan fingerprint density at radius 3 is 2.20 bits per heavy atom. The van der Waals surface area contributed by atoms with E-state index in [2.05, 4.69) is 4.72 Å². The SMILES string of the molecule is Cc1cccc(C)c1NS(=O)(=O)Cc1ccccc1F. The molecule has 0 aliphatic rings. The van der Waals surface area contributed by atoms with Gasteiger partial charge in [-0.15, -0.1) is 0 Å². The second-order valence-electron chi connectivity index (χ2n) is 4.72. The quantitative estimate of drug-likeness (QED) is 0.939. The van der Waals surface area contributed by atoms with Crippen molar-refractivity contribution in [2.45, 2.75) is 19.6 Å². The lowest BCUT2D eigenvalue weighted by atomic mass is 10.1. The monoisotopic (exact) mass is 293 g/mol. The van der Waals surface area contributed by atoms with Crippen molar-refractivity contribution in [1.82, 2.24) is 0 Å². The molecule has 0 atom stereocenters. The van der Waals surface area contributed by atoms with Gasteiger partial charge in [0.2, 0.25) is 10.0 Å². The van der Waals surface area contributed by atoms with Crippen LogP contribution in [0.4, 0.5) is 10.1 Å². The van der Waals surface area contributed by atoms with Crippen LogP contribution in [0.5, 0.6) is 0 Å². The van der Waals surface area contributed by atoms with Crippen molar-refractivity contribution in [3.63, 3.8) is 0 Å². The molecule has 0 aliphatic carbocycles. The Labute approximate surface area is 118 Å². The normalized spacial score (nSPS) is 11.3. The zero-order valence-corrected chi connectivity index (χ0v) is 12.2. The zero-order valence-electron chi connectivity index (χ0n) is 11.4. The topological polar surface area (TPSA) is 46.2 Å². The number of anilines is 1. The molecule has 0 radical (unpaired) electrons. The first-order valence-electron chi connectivity index (χ1n) is 6.19. The Morgan fingerprint density at radius 2 is 1.60 bits per heavy atom. The first-order chi connectivity index (χ1) is 9.39.